The Kier molecular flexibility index (Phi) is 2.36. The highest BCUT2D eigenvalue weighted by molar-refractivity contribution is 14.1. The number of imidazole rings is 1. The van der Waals surface area contributed by atoms with Gasteiger partial charge < -0.3 is 4.40 Å². The molecule has 2 nitrogen and oxygen atoms in total. The van der Waals surface area contributed by atoms with Crippen LogP contribution in [0.5, 0.6) is 0 Å². The van der Waals surface area contributed by atoms with Gasteiger partial charge in [0.2, 0.25) is 0 Å². The van der Waals surface area contributed by atoms with Crippen LogP contribution in [0.25, 0.3) is 5.65 Å². The Hall–Kier alpha value is -0.100. The molecule has 2 heterocycles. The second-order valence-electron chi connectivity index (χ2n) is 2.48. The SMILES string of the molecule is BrCc1cn2cc(I)ccc2n1. The number of hydrogen-bond acceptors (Lipinski definition) is 1. The van der Waals surface area contributed by atoms with Gasteiger partial charge in [0.1, 0.15) is 5.65 Å². The highest BCUT2D eigenvalue weighted by atomic mass is 127. The quantitative estimate of drug-likeness (QED) is 0.578. The second-order valence-corrected chi connectivity index (χ2v) is 4.29. The molecule has 62 valence electrons. The molecule has 0 N–H and O–H groups in total. The number of rotatable bonds is 1. The molecule has 2 rings (SSSR count). The van der Waals surface area contributed by atoms with Gasteiger partial charge in [0, 0.05) is 21.3 Å². The molecule has 0 bridgehead atoms. The summed E-state index contributed by atoms with van der Waals surface area (Å²) in [5.74, 6) is 0. The Morgan fingerprint density at radius 3 is 3.00 bits per heavy atom. The highest BCUT2D eigenvalue weighted by Crippen LogP contribution is 2.10. The van der Waals surface area contributed by atoms with E-state index >= 15 is 0 Å². The van der Waals surface area contributed by atoms with Gasteiger partial charge in [-0.15, -0.1) is 0 Å². The van der Waals surface area contributed by atoms with Gasteiger partial charge in [0.05, 0.1) is 5.69 Å². The maximum atomic E-state index is 4.39. The number of hydrogen-bond donors (Lipinski definition) is 0. The molecule has 4 heteroatoms. The highest BCUT2D eigenvalue weighted by Gasteiger charge is 1.98. The van der Waals surface area contributed by atoms with Crippen molar-refractivity contribution in [1.82, 2.24) is 9.38 Å². The molecule has 0 saturated heterocycles. The van der Waals surface area contributed by atoms with Crippen molar-refractivity contribution in [3.63, 3.8) is 0 Å². The summed E-state index contributed by atoms with van der Waals surface area (Å²) in [6.45, 7) is 0. The Labute approximate surface area is 92.3 Å². The van der Waals surface area contributed by atoms with E-state index in [4.69, 9.17) is 0 Å². The lowest BCUT2D eigenvalue weighted by atomic mass is 10.5. The molecule has 0 aromatic carbocycles. The Morgan fingerprint density at radius 1 is 1.42 bits per heavy atom. The van der Waals surface area contributed by atoms with Gasteiger partial charge in [0.25, 0.3) is 0 Å². The molecular formula is C8H6BrIN2. The van der Waals surface area contributed by atoms with Crippen molar-refractivity contribution in [1.29, 1.82) is 0 Å². The van der Waals surface area contributed by atoms with Gasteiger partial charge in [-0.3, -0.25) is 0 Å². The number of pyridine rings is 1. The van der Waals surface area contributed by atoms with Crippen molar-refractivity contribution in [2.24, 2.45) is 0 Å². The molecule has 0 unspecified atom stereocenters. The molecule has 0 aliphatic heterocycles. The fourth-order valence-electron chi connectivity index (χ4n) is 1.08. The van der Waals surface area contributed by atoms with Crippen LogP contribution in [0.3, 0.4) is 0 Å². The van der Waals surface area contributed by atoms with Crippen molar-refractivity contribution >= 4 is 44.2 Å². The molecule has 2 aromatic rings. The molecule has 0 fully saturated rings. The van der Waals surface area contributed by atoms with Crippen LogP contribution in [0, 0.1) is 3.57 Å². The summed E-state index contributed by atoms with van der Waals surface area (Å²) in [6.07, 6.45) is 4.10. The van der Waals surface area contributed by atoms with Crippen LogP contribution in [-0.4, -0.2) is 9.38 Å². The van der Waals surface area contributed by atoms with Crippen molar-refractivity contribution in [2.75, 3.05) is 0 Å². The van der Waals surface area contributed by atoms with Gasteiger partial charge in [-0.25, -0.2) is 4.98 Å². The maximum Gasteiger partial charge on any atom is 0.137 e. The van der Waals surface area contributed by atoms with E-state index in [1.807, 2.05) is 16.7 Å². The Morgan fingerprint density at radius 2 is 2.25 bits per heavy atom. The molecule has 0 atom stereocenters. The fraction of sp³-hybridized carbons (Fsp3) is 0.125. The summed E-state index contributed by atoms with van der Waals surface area (Å²) < 4.78 is 3.26. The third-order valence-corrected chi connectivity index (χ3v) is 2.81. The lowest BCUT2D eigenvalue weighted by Crippen LogP contribution is -1.82. The smallest absolute Gasteiger partial charge is 0.137 e. The van der Waals surface area contributed by atoms with E-state index in [0.717, 1.165) is 16.7 Å². The molecule has 0 amide bonds. The van der Waals surface area contributed by atoms with E-state index in [0.29, 0.717) is 0 Å². The van der Waals surface area contributed by atoms with E-state index in [2.05, 4.69) is 55.8 Å². The van der Waals surface area contributed by atoms with Crippen molar-refractivity contribution in [3.05, 3.63) is 33.8 Å². The number of nitrogens with zero attached hydrogens (tertiary/aromatic N) is 2. The minimum absolute atomic E-state index is 0.811. The topological polar surface area (TPSA) is 17.3 Å². The summed E-state index contributed by atoms with van der Waals surface area (Å²) in [5, 5.41) is 0.811. The minimum Gasteiger partial charge on any atom is -0.306 e. The van der Waals surface area contributed by atoms with Crippen molar-refractivity contribution in [2.45, 2.75) is 5.33 Å². The number of aromatic nitrogens is 2. The monoisotopic (exact) mass is 336 g/mol. The fourth-order valence-corrected chi connectivity index (χ4v) is 1.83. The number of halogens is 2. The minimum atomic E-state index is 0.811. The summed E-state index contributed by atoms with van der Waals surface area (Å²) in [7, 11) is 0. The summed E-state index contributed by atoms with van der Waals surface area (Å²) >= 11 is 5.67. The van der Waals surface area contributed by atoms with Crippen LogP contribution in [0.1, 0.15) is 5.69 Å². The Balaban J connectivity index is 2.67. The van der Waals surface area contributed by atoms with Crippen LogP contribution in [0.15, 0.2) is 24.5 Å². The van der Waals surface area contributed by atoms with Crippen LogP contribution in [-0.2, 0) is 5.33 Å². The first-order valence-electron chi connectivity index (χ1n) is 3.49. The van der Waals surface area contributed by atoms with Gasteiger partial charge >= 0.3 is 0 Å². The van der Waals surface area contributed by atoms with Gasteiger partial charge in [-0.1, -0.05) is 15.9 Å². The zero-order chi connectivity index (χ0) is 8.55. The first-order valence-corrected chi connectivity index (χ1v) is 5.69. The van der Waals surface area contributed by atoms with Crippen molar-refractivity contribution < 1.29 is 0 Å². The molecule has 0 aliphatic carbocycles. The molecule has 0 radical (unpaired) electrons. The predicted molar refractivity (Wildman–Crippen MR) is 60.5 cm³/mol. The standard InChI is InChI=1S/C8H6BrIN2/c9-3-7-5-12-4-6(10)1-2-8(12)11-7/h1-2,4-5H,3H2. The molecule has 0 spiro atoms. The van der Waals surface area contributed by atoms with Crippen molar-refractivity contribution in [3.8, 4) is 0 Å². The summed E-state index contributed by atoms with van der Waals surface area (Å²) in [5.41, 5.74) is 2.07. The molecular weight excluding hydrogens is 331 g/mol. The average Bonchev–Trinajstić information content (AvgIpc) is 2.46. The maximum absolute atomic E-state index is 4.39. The predicted octanol–water partition coefficient (Wildman–Crippen LogP) is 2.83. The number of alkyl halides is 1. The van der Waals surface area contributed by atoms with Crippen LogP contribution >= 0.6 is 38.5 Å². The molecule has 2 aromatic heterocycles. The summed E-state index contributed by atoms with van der Waals surface area (Å²) in [6, 6.07) is 4.08. The summed E-state index contributed by atoms with van der Waals surface area (Å²) in [4.78, 5) is 4.39. The van der Waals surface area contributed by atoms with Crippen LogP contribution in [0.2, 0.25) is 0 Å². The largest absolute Gasteiger partial charge is 0.306 e. The average molecular weight is 337 g/mol. The van der Waals surface area contributed by atoms with E-state index in [1.165, 1.54) is 3.57 Å². The van der Waals surface area contributed by atoms with E-state index in [1.54, 1.807) is 0 Å². The first kappa shape index (κ1) is 8.50. The number of fused-ring (bicyclic) bond motifs is 1. The third-order valence-electron chi connectivity index (χ3n) is 1.60. The first-order chi connectivity index (χ1) is 5.79. The van der Waals surface area contributed by atoms with Gasteiger partial charge in [-0.2, -0.15) is 0 Å². The van der Waals surface area contributed by atoms with Gasteiger partial charge in [-0.05, 0) is 34.7 Å². The Bertz CT molecular complexity index is 410. The zero-order valence-corrected chi connectivity index (χ0v) is 9.91. The zero-order valence-electron chi connectivity index (χ0n) is 6.17. The van der Waals surface area contributed by atoms with E-state index in [-0.39, 0.29) is 0 Å². The van der Waals surface area contributed by atoms with E-state index in [9.17, 15) is 0 Å². The lowest BCUT2D eigenvalue weighted by molar-refractivity contribution is 1.17. The molecule has 0 saturated carbocycles. The van der Waals surface area contributed by atoms with Crippen LogP contribution in [0.4, 0.5) is 0 Å². The lowest BCUT2D eigenvalue weighted by Gasteiger charge is -1.91. The molecule has 0 aliphatic rings. The van der Waals surface area contributed by atoms with E-state index < -0.39 is 0 Å². The third kappa shape index (κ3) is 1.50. The van der Waals surface area contributed by atoms with Gasteiger partial charge in [0.15, 0.2) is 0 Å². The normalized spacial score (nSPS) is 10.8. The van der Waals surface area contributed by atoms with Crippen LogP contribution < -0.4 is 0 Å². The molecule has 12 heavy (non-hydrogen) atoms. The second kappa shape index (κ2) is 3.33.